The average Bonchev–Trinajstić information content (AvgIpc) is 3.24. The van der Waals surface area contributed by atoms with Crippen LogP contribution in [-0.4, -0.2) is 35.0 Å². The van der Waals surface area contributed by atoms with Gasteiger partial charge in [0, 0.05) is 13.1 Å². The van der Waals surface area contributed by atoms with Gasteiger partial charge in [-0.3, -0.25) is 9.59 Å². The highest BCUT2D eigenvalue weighted by Gasteiger charge is 2.46. The first-order valence-electron chi connectivity index (χ1n) is 7.92. The topological polar surface area (TPSA) is 57.6 Å². The molecule has 2 atom stereocenters. The summed E-state index contributed by atoms with van der Waals surface area (Å²) in [7, 11) is 0. The number of amides is 1. The number of benzene rings is 1. The average molecular weight is 341 g/mol. The van der Waals surface area contributed by atoms with E-state index in [0.29, 0.717) is 12.5 Å². The Balaban J connectivity index is 1.68. The monoisotopic (exact) mass is 341 g/mol. The molecule has 1 aromatic carbocycles. The second-order valence-electron chi connectivity index (χ2n) is 6.62. The Morgan fingerprint density at radius 1 is 1.21 bits per heavy atom. The number of alkyl halides is 3. The van der Waals surface area contributed by atoms with Gasteiger partial charge in [0.05, 0.1) is 17.9 Å². The number of likely N-dealkylation sites (tertiary alicyclic amines) is 1. The minimum absolute atomic E-state index is 0.0343. The molecule has 1 saturated heterocycles. The van der Waals surface area contributed by atoms with Crippen LogP contribution in [0.3, 0.4) is 0 Å². The van der Waals surface area contributed by atoms with Crippen LogP contribution in [0.25, 0.3) is 0 Å². The van der Waals surface area contributed by atoms with Crippen LogP contribution in [-0.2, 0) is 22.2 Å². The third-order valence-electron chi connectivity index (χ3n) is 4.87. The minimum Gasteiger partial charge on any atom is -0.481 e. The van der Waals surface area contributed by atoms with E-state index in [2.05, 4.69) is 0 Å². The third kappa shape index (κ3) is 3.55. The molecule has 1 aliphatic carbocycles. The van der Waals surface area contributed by atoms with Gasteiger partial charge in [-0.05, 0) is 36.3 Å². The number of halogens is 3. The van der Waals surface area contributed by atoms with Crippen molar-refractivity contribution >= 4 is 11.9 Å². The van der Waals surface area contributed by atoms with Crippen LogP contribution in [0.15, 0.2) is 24.3 Å². The Hall–Kier alpha value is -2.05. The maximum absolute atomic E-state index is 12.7. The van der Waals surface area contributed by atoms with Crippen molar-refractivity contribution in [3.63, 3.8) is 0 Å². The largest absolute Gasteiger partial charge is 0.481 e. The molecule has 1 amide bonds. The molecule has 0 radical (unpaired) electrons. The van der Waals surface area contributed by atoms with Crippen molar-refractivity contribution in [2.45, 2.75) is 25.4 Å². The third-order valence-corrected chi connectivity index (χ3v) is 4.87. The lowest BCUT2D eigenvalue weighted by Gasteiger charge is -2.17. The number of aliphatic carboxylic acids is 1. The Kier molecular flexibility index (Phi) is 4.27. The SMILES string of the molecule is O=C(O)[C@H]1CN(C(=O)Cc2cccc(C(F)(F)F)c2)C[C@@H]1C1CC1. The fraction of sp³-hybridized carbons (Fsp3) is 0.529. The molecule has 1 N–H and O–H groups in total. The molecular weight excluding hydrogens is 323 g/mol. The number of carbonyl (C=O) groups is 2. The smallest absolute Gasteiger partial charge is 0.416 e. The van der Waals surface area contributed by atoms with Crippen molar-refractivity contribution in [1.82, 2.24) is 4.90 Å². The van der Waals surface area contributed by atoms with Crippen LogP contribution in [0.1, 0.15) is 24.0 Å². The molecule has 1 heterocycles. The molecule has 4 nitrogen and oxygen atoms in total. The molecule has 1 aliphatic heterocycles. The van der Waals surface area contributed by atoms with E-state index >= 15 is 0 Å². The number of carboxylic acid groups (broad SMARTS) is 1. The highest BCUT2D eigenvalue weighted by molar-refractivity contribution is 5.81. The summed E-state index contributed by atoms with van der Waals surface area (Å²) in [6.45, 7) is 0.535. The van der Waals surface area contributed by atoms with Gasteiger partial charge < -0.3 is 10.0 Å². The molecule has 7 heteroatoms. The van der Waals surface area contributed by atoms with Crippen LogP contribution < -0.4 is 0 Å². The molecule has 3 rings (SSSR count). The van der Waals surface area contributed by atoms with E-state index in [9.17, 15) is 27.9 Å². The van der Waals surface area contributed by atoms with Gasteiger partial charge in [0.25, 0.3) is 0 Å². The quantitative estimate of drug-likeness (QED) is 0.916. The minimum atomic E-state index is -4.45. The summed E-state index contributed by atoms with van der Waals surface area (Å²) in [6, 6.07) is 4.70. The van der Waals surface area contributed by atoms with Crippen LogP contribution in [0.4, 0.5) is 13.2 Å². The number of hydrogen-bond acceptors (Lipinski definition) is 2. The molecule has 1 saturated carbocycles. The molecule has 130 valence electrons. The van der Waals surface area contributed by atoms with E-state index in [1.165, 1.54) is 17.0 Å². The predicted octanol–water partition coefficient (Wildman–Crippen LogP) is 2.82. The van der Waals surface area contributed by atoms with Crippen molar-refractivity contribution in [1.29, 1.82) is 0 Å². The number of carbonyl (C=O) groups excluding carboxylic acids is 1. The standard InChI is InChI=1S/C17H18F3NO3/c18-17(19,20)12-3-1-2-10(6-12)7-15(22)21-8-13(11-4-5-11)14(9-21)16(23)24/h1-3,6,11,13-14H,4-5,7-9H2,(H,23,24)/t13-,14+/m1/s1. The van der Waals surface area contributed by atoms with E-state index < -0.39 is 23.6 Å². The second kappa shape index (κ2) is 6.11. The maximum atomic E-state index is 12.7. The van der Waals surface area contributed by atoms with Gasteiger partial charge in [-0.15, -0.1) is 0 Å². The highest BCUT2D eigenvalue weighted by Crippen LogP contribution is 2.44. The zero-order valence-corrected chi connectivity index (χ0v) is 12.9. The van der Waals surface area contributed by atoms with E-state index in [4.69, 9.17) is 0 Å². The maximum Gasteiger partial charge on any atom is 0.416 e. The molecule has 24 heavy (non-hydrogen) atoms. The molecular formula is C17H18F3NO3. The van der Waals surface area contributed by atoms with E-state index in [1.807, 2.05) is 0 Å². The molecule has 1 aromatic rings. The van der Waals surface area contributed by atoms with Gasteiger partial charge in [-0.1, -0.05) is 18.2 Å². The summed E-state index contributed by atoms with van der Waals surface area (Å²) in [5, 5.41) is 9.31. The van der Waals surface area contributed by atoms with Crippen molar-refractivity contribution < 1.29 is 27.9 Å². The first kappa shape index (κ1) is 16.8. The van der Waals surface area contributed by atoms with Crippen LogP contribution in [0, 0.1) is 17.8 Å². The molecule has 0 aromatic heterocycles. The lowest BCUT2D eigenvalue weighted by Crippen LogP contribution is -2.31. The lowest BCUT2D eigenvalue weighted by atomic mass is 9.92. The van der Waals surface area contributed by atoms with Crippen molar-refractivity contribution in [2.75, 3.05) is 13.1 Å². The molecule has 0 spiro atoms. The van der Waals surface area contributed by atoms with Gasteiger partial charge in [-0.2, -0.15) is 13.2 Å². The van der Waals surface area contributed by atoms with Crippen molar-refractivity contribution in [3.05, 3.63) is 35.4 Å². The van der Waals surface area contributed by atoms with E-state index in [-0.39, 0.29) is 30.4 Å². The highest BCUT2D eigenvalue weighted by atomic mass is 19.4. The summed E-state index contributed by atoms with van der Waals surface area (Å²) in [6.07, 6.45) is -2.61. The summed E-state index contributed by atoms with van der Waals surface area (Å²) >= 11 is 0. The summed E-state index contributed by atoms with van der Waals surface area (Å²) in [5.74, 6) is -1.46. The fourth-order valence-corrected chi connectivity index (χ4v) is 3.44. The number of nitrogens with zero attached hydrogens (tertiary/aromatic N) is 1. The first-order chi connectivity index (χ1) is 11.3. The van der Waals surface area contributed by atoms with Crippen LogP contribution in [0.2, 0.25) is 0 Å². The number of hydrogen-bond donors (Lipinski definition) is 1. The predicted molar refractivity (Wildman–Crippen MR) is 79.1 cm³/mol. The van der Waals surface area contributed by atoms with Crippen molar-refractivity contribution in [2.24, 2.45) is 17.8 Å². The van der Waals surface area contributed by atoms with E-state index in [0.717, 1.165) is 25.0 Å². The van der Waals surface area contributed by atoms with Crippen LogP contribution in [0.5, 0.6) is 0 Å². The summed E-state index contributed by atoms with van der Waals surface area (Å²) in [4.78, 5) is 25.2. The van der Waals surface area contributed by atoms with Gasteiger partial charge in [0.1, 0.15) is 0 Å². The van der Waals surface area contributed by atoms with Gasteiger partial charge in [0.2, 0.25) is 5.91 Å². The number of carboxylic acids is 1. The molecule has 0 bridgehead atoms. The second-order valence-corrected chi connectivity index (χ2v) is 6.62. The van der Waals surface area contributed by atoms with Gasteiger partial charge >= 0.3 is 12.1 Å². The number of rotatable bonds is 4. The van der Waals surface area contributed by atoms with E-state index in [1.54, 1.807) is 0 Å². The molecule has 2 fully saturated rings. The Bertz CT molecular complexity index is 655. The summed E-state index contributed by atoms with van der Waals surface area (Å²) < 4.78 is 38.2. The Morgan fingerprint density at radius 3 is 2.50 bits per heavy atom. The Morgan fingerprint density at radius 2 is 1.92 bits per heavy atom. The first-order valence-corrected chi connectivity index (χ1v) is 7.92. The normalized spacial score (nSPS) is 24.2. The van der Waals surface area contributed by atoms with Gasteiger partial charge in [-0.25, -0.2) is 0 Å². The zero-order chi connectivity index (χ0) is 17.5. The fourth-order valence-electron chi connectivity index (χ4n) is 3.44. The van der Waals surface area contributed by atoms with Crippen molar-refractivity contribution in [3.8, 4) is 0 Å². The molecule has 2 aliphatic rings. The summed E-state index contributed by atoms with van der Waals surface area (Å²) in [5.41, 5.74) is -0.495. The lowest BCUT2D eigenvalue weighted by molar-refractivity contribution is -0.143. The Labute approximate surface area is 137 Å². The van der Waals surface area contributed by atoms with Gasteiger partial charge in [0.15, 0.2) is 0 Å². The molecule has 0 unspecified atom stereocenters. The zero-order valence-electron chi connectivity index (χ0n) is 12.9. The van der Waals surface area contributed by atoms with Crippen LogP contribution >= 0.6 is 0 Å².